The zero-order valence-electron chi connectivity index (χ0n) is 17.7. The van der Waals surface area contributed by atoms with Gasteiger partial charge in [-0.3, -0.25) is 0 Å². The third kappa shape index (κ3) is 5.87. The Bertz CT molecular complexity index is 959. The normalized spacial score (nSPS) is 13.2. The van der Waals surface area contributed by atoms with Crippen LogP contribution >= 0.6 is 0 Å². The Morgan fingerprint density at radius 2 is 1.66 bits per heavy atom. The molecule has 2 rings (SSSR count). The van der Waals surface area contributed by atoms with Crippen molar-refractivity contribution in [2.75, 3.05) is 5.32 Å². The van der Waals surface area contributed by atoms with Crippen molar-refractivity contribution in [3.63, 3.8) is 0 Å². The lowest BCUT2D eigenvalue weighted by molar-refractivity contribution is 0.0784. The molecule has 5 nitrogen and oxygen atoms in total. The van der Waals surface area contributed by atoms with Crippen LogP contribution in [0.4, 0.5) is 14.9 Å². The number of carbonyl (C=O) groups excluding carboxylic acids is 1. The summed E-state index contributed by atoms with van der Waals surface area (Å²) in [6, 6.07) is 8.60. The van der Waals surface area contributed by atoms with E-state index in [0.29, 0.717) is 27.3 Å². The monoisotopic (exact) mass is 420 g/mol. The minimum absolute atomic E-state index is 0.0178. The van der Waals surface area contributed by atoms with Crippen molar-refractivity contribution >= 4 is 22.3 Å². The van der Waals surface area contributed by atoms with Crippen LogP contribution in [0.5, 0.6) is 0 Å². The number of halogens is 1. The fourth-order valence-corrected chi connectivity index (χ4v) is 3.78. The first kappa shape index (κ1) is 23.0. The number of amides is 2. The molecule has 0 aromatic heterocycles. The maximum absolute atomic E-state index is 14.0. The van der Waals surface area contributed by atoms with E-state index < -0.39 is 22.2 Å². The van der Waals surface area contributed by atoms with Gasteiger partial charge in [-0.1, -0.05) is 39.8 Å². The van der Waals surface area contributed by atoms with Crippen LogP contribution < -0.4 is 5.32 Å². The summed E-state index contributed by atoms with van der Waals surface area (Å²) >= 11 is 0. The Hall–Kier alpha value is -2.25. The maximum atomic E-state index is 14.0. The molecule has 7 heteroatoms. The van der Waals surface area contributed by atoms with Crippen molar-refractivity contribution in [1.29, 1.82) is 0 Å². The van der Waals surface area contributed by atoms with Crippen molar-refractivity contribution < 1.29 is 18.5 Å². The van der Waals surface area contributed by atoms with E-state index in [2.05, 4.69) is 9.68 Å². The molecule has 29 heavy (non-hydrogen) atoms. The van der Waals surface area contributed by atoms with E-state index in [1.165, 1.54) is 12.1 Å². The molecule has 0 radical (unpaired) electrons. The summed E-state index contributed by atoms with van der Waals surface area (Å²) in [5.74, 6) is -0.395. The summed E-state index contributed by atoms with van der Waals surface area (Å²) < 4.78 is 30.4. The molecule has 2 aromatic carbocycles. The van der Waals surface area contributed by atoms with E-state index in [1.54, 1.807) is 38.1 Å². The van der Waals surface area contributed by atoms with E-state index >= 15 is 0 Å². The Labute approximate surface area is 173 Å². The van der Waals surface area contributed by atoms with Crippen LogP contribution in [0.2, 0.25) is 0 Å². The predicted molar refractivity (Wildman–Crippen MR) is 116 cm³/mol. The van der Waals surface area contributed by atoms with Crippen LogP contribution in [0.3, 0.4) is 0 Å². The molecule has 158 valence electrons. The summed E-state index contributed by atoms with van der Waals surface area (Å²) in [4.78, 5) is 12.9. The molecule has 2 aromatic rings. The summed E-state index contributed by atoms with van der Waals surface area (Å²) in [5, 5.41) is 12.8. The SMILES string of the molecule is CC(C)c1cc(F)cc(C(C)C)c1NC(=O)/N=[SH](=O)/c1cccc(C(C)(C)O)c1. The second-order valence-electron chi connectivity index (χ2n) is 8.18. The van der Waals surface area contributed by atoms with Crippen molar-refractivity contribution in [2.24, 2.45) is 4.36 Å². The van der Waals surface area contributed by atoms with Crippen molar-refractivity contribution in [3.05, 3.63) is 58.9 Å². The zero-order chi connectivity index (χ0) is 21.9. The summed E-state index contributed by atoms with van der Waals surface area (Å²) in [6.07, 6.45) is 0. The number of urea groups is 1. The van der Waals surface area contributed by atoms with Gasteiger partial charge in [0.05, 0.1) is 16.2 Å². The summed E-state index contributed by atoms with van der Waals surface area (Å²) in [6.45, 7) is 10.9. The molecule has 2 amide bonds. The molecule has 0 saturated carbocycles. The fourth-order valence-electron chi connectivity index (χ4n) is 2.98. The second kappa shape index (κ2) is 9.05. The number of nitrogens with one attached hydrogen (secondary N) is 1. The first-order chi connectivity index (χ1) is 13.4. The average Bonchev–Trinajstić information content (AvgIpc) is 2.61. The van der Waals surface area contributed by atoms with Gasteiger partial charge in [0.25, 0.3) is 0 Å². The molecule has 2 N–H and O–H groups in total. The van der Waals surface area contributed by atoms with Crippen LogP contribution in [0.1, 0.15) is 70.1 Å². The highest BCUT2D eigenvalue weighted by atomic mass is 32.2. The third-order valence-corrected chi connectivity index (χ3v) is 5.68. The molecule has 0 heterocycles. The number of nitrogens with zero attached hydrogens (tertiary/aromatic N) is 1. The highest BCUT2D eigenvalue weighted by molar-refractivity contribution is 7.75. The average molecular weight is 421 g/mol. The van der Waals surface area contributed by atoms with Gasteiger partial charge in [-0.25, -0.2) is 13.4 Å². The Morgan fingerprint density at radius 1 is 1.10 bits per heavy atom. The maximum Gasteiger partial charge on any atom is 0.353 e. The van der Waals surface area contributed by atoms with Crippen LogP contribution in [0, 0.1) is 5.82 Å². The minimum atomic E-state index is -2.35. The number of rotatable bonds is 5. The number of hydrogen-bond donors (Lipinski definition) is 3. The molecule has 0 aliphatic rings. The molecule has 0 spiro atoms. The van der Waals surface area contributed by atoms with E-state index in [0.717, 1.165) is 0 Å². The van der Waals surface area contributed by atoms with Crippen LogP contribution in [-0.4, -0.2) is 15.3 Å². The molecular weight excluding hydrogens is 391 g/mol. The van der Waals surface area contributed by atoms with Gasteiger partial charge in [-0.15, -0.1) is 4.36 Å². The van der Waals surface area contributed by atoms with Gasteiger partial charge >= 0.3 is 6.03 Å². The van der Waals surface area contributed by atoms with Gasteiger partial charge < -0.3 is 10.4 Å². The van der Waals surface area contributed by atoms with E-state index in [1.807, 2.05) is 27.7 Å². The second-order valence-corrected chi connectivity index (χ2v) is 9.44. The molecule has 0 saturated heterocycles. The summed E-state index contributed by atoms with van der Waals surface area (Å²) in [7, 11) is -2.35. The first-order valence-electron chi connectivity index (χ1n) is 9.56. The Kier molecular flexibility index (Phi) is 7.19. The lowest BCUT2D eigenvalue weighted by atomic mass is 9.92. The molecule has 0 fully saturated rings. The highest BCUT2D eigenvalue weighted by Gasteiger charge is 2.19. The van der Waals surface area contributed by atoms with E-state index in [-0.39, 0.29) is 17.7 Å². The van der Waals surface area contributed by atoms with E-state index in [9.17, 15) is 18.5 Å². The number of thiol groups is 1. The molecule has 1 unspecified atom stereocenters. The van der Waals surface area contributed by atoms with Crippen LogP contribution in [0.15, 0.2) is 45.7 Å². The molecule has 0 aliphatic carbocycles. The van der Waals surface area contributed by atoms with Gasteiger partial charge in [0.1, 0.15) is 5.82 Å². The number of carbonyl (C=O) groups is 1. The minimum Gasteiger partial charge on any atom is -0.386 e. The van der Waals surface area contributed by atoms with Crippen molar-refractivity contribution in [3.8, 4) is 0 Å². The Balaban J connectivity index is 2.39. The number of hydrogen-bond acceptors (Lipinski definition) is 3. The van der Waals surface area contributed by atoms with Gasteiger partial charge in [0.2, 0.25) is 0 Å². The topological polar surface area (TPSA) is 78.8 Å². The van der Waals surface area contributed by atoms with Gasteiger partial charge in [-0.05, 0) is 66.6 Å². The van der Waals surface area contributed by atoms with E-state index in [4.69, 9.17) is 0 Å². The molecule has 0 aliphatic heterocycles. The molecular formula is C22H29FN2O3S. The largest absolute Gasteiger partial charge is 0.386 e. The van der Waals surface area contributed by atoms with Gasteiger partial charge in [0, 0.05) is 10.6 Å². The number of aliphatic hydroxyl groups is 1. The van der Waals surface area contributed by atoms with Crippen LogP contribution in [-0.2, 0) is 16.2 Å². The standard InChI is InChI=1S/C22H29FN2O3S/c1-13(2)18-11-16(23)12-19(14(3)4)20(18)24-21(26)25-29(28)17-9-7-8-15(10-17)22(5,6)27/h7-14,27,29H,1-6H3,(H,24,26). The Morgan fingerprint density at radius 3 is 2.14 bits per heavy atom. The zero-order valence-corrected chi connectivity index (χ0v) is 18.5. The van der Waals surface area contributed by atoms with Gasteiger partial charge in [0.15, 0.2) is 0 Å². The quantitative estimate of drug-likeness (QED) is 0.555. The lowest BCUT2D eigenvalue weighted by Crippen LogP contribution is -2.15. The molecule has 1 atom stereocenters. The number of benzene rings is 2. The smallest absolute Gasteiger partial charge is 0.353 e. The lowest BCUT2D eigenvalue weighted by Gasteiger charge is -2.19. The fraction of sp³-hybridized carbons (Fsp3) is 0.409. The summed E-state index contributed by atoms with van der Waals surface area (Å²) in [5.41, 5.74) is 1.32. The predicted octanol–water partition coefficient (Wildman–Crippen LogP) is 5.56. The van der Waals surface area contributed by atoms with Gasteiger partial charge in [-0.2, -0.15) is 0 Å². The highest BCUT2D eigenvalue weighted by Crippen LogP contribution is 2.33. The van der Waals surface area contributed by atoms with Crippen molar-refractivity contribution in [1.82, 2.24) is 0 Å². The van der Waals surface area contributed by atoms with Crippen molar-refractivity contribution in [2.45, 2.75) is 63.9 Å². The van der Waals surface area contributed by atoms with Crippen LogP contribution in [0.25, 0.3) is 0 Å². The first-order valence-corrected chi connectivity index (χ1v) is 10.8. The third-order valence-electron chi connectivity index (χ3n) is 4.60. The number of anilines is 1. The molecule has 0 bridgehead atoms.